The third-order valence-electron chi connectivity index (χ3n) is 4.17. The van der Waals surface area contributed by atoms with E-state index in [2.05, 4.69) is 15.6 Å². The van der Waals surface area contributed by atoms with E-state index in [0.717, 1.165) is 11.1 Å². The third-order valence-corrected chi connectivity index (χ3v) is 4.41. The molecule has 0 bridgehead atoms. The number of aliphatic imine (C=N–C) groups is 1. The highest BCUT2D eigenvalue weighted by Gasteiger charge is 2.11. The summed E-state index contributed by atoms with van der Waals surface area (Å²) in [6, 6.07) is 13.6. The lowest BCUT2D eigenvalue weighted by Gasteiger charge is -2.20. The standard InChI is InChI=1S/C20H24ClN5O3.HI/c1-14(16-5-4-6-17(21)11-16)24-20(23-13-19(27)25(2)3)22-12-15-7-9-18(10-8-15)26(28)29;/h4-11,14H,12-13H2,1-3H3,(H2,22,23,24);1H. The molecule has 2 rings (SSSR count). The Morgan fingerprint density at radius 2 is 1.90 bits per heavy atom. The summed E-state index contributed by atoms with van der Waals surface area (Å²) in [4.78, 5) is 28.3. The topological polar surface area (TPSA) is 99.9 Å². The molecule has 0 aliphatic rings. The molecule has 162 valence electrons. The second-order valence-electron chi connectivity index (χ2n) is 6.65. The smallest absolute Gasteiger partial charge is 0.269 e. The number of hydrogen-bond donors (Lipinski definition) is 2. The number of nitrogens with zero attached hydrogens (tertiary/aromatic N) is 3. The zero-order valence-corrected chi connectivity index (χ0v) is 20.0. The maximum Gasteiger partial charge on any atom is 0.269 e. The summed E-state index contributed by atoms with van der Waals surface area (Å²) in [6.45, 7) is 2.34. The van der Waals surface area contributed by atoms with Crippen LogP contribution in [0.15, 0.2) is 53.5 Å². The molecule has 0 fully saturated rings. The minimum atomic E-state index is -0.443. The van der Waals surface area contributed by atoms with Crippen molar-refractivity contribution in [1.29, 1.82) is 0 Å². The van der Waals surface area contributed by atoms with E-state index < -0.39 is 4.92 Å². The first-order valence-corrected chi connectivity index (χ1v) is 9.38. The zero-order chi connectivity index (χ0) is 21.4. The lowest BCUT2D eigenvalue weighted by Crippen LogP contribution is -2.43. The highest BCUT2D eigenvalue weighted by Crippen LogP contribution is 2.17. The maximum atomic E-state index is 11.9. The first-order chi connectivity index (χ1) is 13.8. The molecule has 2 aromatic rings. The Kier molecular flexibility index (Phi) is 10.5. The van der Waals surface area contributed by atoms with Crippen molar-refractivity contribution < 1.29 is 9.72 Å². The molecule has 0 heterocycles. The van der Waals surface area contributed by atoms with Gasteiger partial charge in [-0.25, -0.2) is 4.99 Å². The van der Waals surface area contributed by atoms with Gasteiger partial charge in [0.15, 0.2) is 5.96 Å². The van der Waals surface area contributed by atoms with E-state index in [1.807, 2.05) is 25.1 Å². The number of carbonyl (C=O) groups is 1. The Bertz CT molecular complexity index is 890. The summed E-state index contributed by atoms with van der Waals surface area (Å²) >= 11 is 6.07. The molecular formula is C20H25ClIN5O3. The van der Waals surface area contributed by atoms with Crippen LogP contribution in [-0.4, -0.2) is 42.3 Å². The second kappa shape index (κ2) is 12.3. The molecule has 0 saturated carbocycles. The van der Waals surface area contributed by atoms with Gasteiger partial charge < -0.3 is 15.5 Å². The molecule has 1 unspecified atom stereocenters. The number of non-ortho nitro benzene ring substituents is 1. The van der Waals surface area contributed by atoms with Crippen LogP contribution in [0.25, 0.3) is 0 Å². The molecule has 0 spiro atoms. The van der Waals surface area contributed by atoms with Crippen molar-refractivity contribution >= 4 is 53.1 Å². The number of guanidine groups is 1. The van der Waals surface area contributed by atoms with Gasteiger partial charge in [-0.2, -0.15) is 0 Å². The molecule has 1 amide bonds. The Labute approximate surface area is 197 Å². The molecule has 2 N–H and O–H groups in total. The van der Waals surface area contributed by atoms with Crippen molar-refractivity contribution in [3.8, 4) is 0 Å². The molecule has 0 radical (unpaired) electrons. The first-order valence-electron chi connectivity index (χ1n) is 9.00. The molecule has 30 heavy (non-hydrogen) atoms. The lowest BCUT2D eigenvalue weighted by atomic mass is 10.1. The van der Waals surface area contributed by atoms with Crippen LogP contribution in [0, 0.1) is 10.1 Å². The van der Waals surface area contributed by atoms with Crippen LogP contribution in [0.4, 0.5) is 5.69 Å². The average molecular weight is 546 g/mol. The van der Waals surface area contributed by atoms with Gasteiger partial charge in [0.05, 0.1) is 24.1 Å². The van der Waals surface area contributed by atoms with Gasteiger partial charge in [0.1, 0.15) is 0 Å². The highest BCUT2D eigenvalue weighted by molar-refractivity contribution is 14.0. The van der Waals surface area contributed by atoms with E-state index in [4.69, 9.17) is 11.6 Å². The van der Waals surface area contributed by atoms with Crippen LogP contribution >= 0.6 is 35.6 Å². The van der Waals surface area contributed by atoms with Crippen molar-refractivity contribution in [1.82, 2.24) is 15.5 Å². The Balaban J connectivity index is 0.00000450. The molecule has 8 nitrogen and oxygen atoms in total. The third kappa shape index (κ3) is 8.15. The SMILES string of the molecule is CC(NC(=NCc1ccc([N+](=O)[O-])cc1)NCC(=O)N(C)C)c1cccc(Cl)c1.I. The van der Waals surface area contributed by atoms with Crippen LogP contribution in [-0.2, 0) is 11.3 Å². The molecule has 0 aromatic heterocycles. The van der Waals surface area contributed by atoms with E-state index in [9.17, 15) is 14.9 Å². The fourth-order valence-electron chi connectivity index (χ4n) is 2.43. The molecule has 0 aliphatic carbocycles. The minimum absolute atomic E-state index is 0. The number of carbonyl (C=O) groups excluding carboxylic acids is 1. The predicted molar refractivity (Wildman–Crippen MR) is 129 cm³/mol. The average Bonchev–Trinajstić information content (AvgIpc) is 2.69. The number of nitro groups is 1. The fraction of sp³-hybridized carbons (Fsp3) is 0.300. The predicted octanol–water partition coefficient (Wildman–Crippen LogP) is 3.75. The largest absolute Gasteiger partial charge is 0.350 e. The normalized spacial score (nSPS) is 11.8. The highest BCUT2D eigenvalue weighted by atomic mass is 127. The van der Waals surface area contributed by atoms with Gasteiger partial charge in [-0.05, 0) is 30.2 Å². The summed E-state index contributed by atoms with van der Waals surface area (Å²) in [6.07, 6.45) is 0. The molecule has 1 atom stereocenters. The molecule has 10 heteroatoms. The van der Waals surface area contributed by atoms with Gasteiger partial charge in [0.25, 0.3) is 5.69 Å². The van der Waals surface area contributed by atoms with Gasteiger partial charge in [-0.1, -0.05) is 35.9 Å². The van der Waals surface area contributed by atoms with Gasteiger partial charge >= 0.3 is 0 Å². The van der Waals surface area contributed by atoms with E-state index >= 15 is 0 Å². The number of nitro benzene ring substituents is 1. The van der Waals surface area contributed by atoms with Crippen molar-refractivity contribution in [2.75, 3.05) is 20.6 Å². The molecular weight excluding hydrogens is 521 g/mol. The van der Waals surface area contributed by atoms with Crippen molar-refractivity contribution in [3.05, 3.63) is 74.8 Å². The first kappa shape index (κ1) is 25.6. The second-order valence-corrected chi connectivity index (χ2v) is 7.09. The van der Waals surface area contributed by atoms with Crippen molar-refractivity contribution in [2.45, 2.75) is 19.5 Å². The minimum Gasteiger partial charge on any atom is -0.350 e. The molecule has 0 aliphatic heterocycles. The summed E-state index contributed by atoms with van der Waals surface area (Å²) in [5, 5.41) is 17.7. The van der Waals surface area contributed by atoms with Crippen LogP contribution in [0.1, 0.15) is 24.1 Å². The number of amides is 1. The van der Waals surface area contributed by atoms with Gasteiger partial charge in [0, 0.05) is 31.3 Å². The number of halogens is 2. The van der Waals surface area contributed by atoms with Crippen LogP contribution in [0.3, 0.4) is 0 Å². The number of rotatable bonds is 7. The summed E-state index contributed by atoms with van der Waals surface area (Å²) in [5.74, 6) is 0.358. The fourth-order valence-corrected chi connectivity index (χ4v) is 2.63. The van der Waals surface area contributed by atoms with Gasteiger partial charge in [-0.15, -0.1) is 24.0 Å². The Morgan fingerprint density at radius 1 is 1.23 bits per heavy atom. The summed E-state index contributed by atoms with van der Waals surface area (Å²) < 4.78 is 0. The van der Waals surface area contributed by atoms with Gasteiger partial charge in [-0.3, -0.25) is 14.9 Å². The van der Waals surface area contributed by atoms with Crippen molar-refractivity contribution in [2.24, 2.45) is 4.99 Å². The van der Waals surface area contributed by atoms with E-state index in [-0.39, 0.29) is 48.2 Å². The van der Waals surface area contributed by atoms with Crippen LogP contribution in [0.2, 0.25) is 5.02 Å². The number of likely N-dealkylation sites (N-methyl/N-ethyl adjacent to an activating group) is 1. The van der Waals surface area contributed by atoms with Gasteiger partial charge in [0.2, 0.25) is 5.91 Å². The number of hydrogen-bond acceptors (Lipinski definition) is 4. The number of benzene rings is 2. The van der Waals surface area contributed by atoms with E-state index in [1.54, 1.807) is 32.3 Å². The monoisotopic (exact) mass is 545 g/mol. The van der Waals surface area contributed by atoms with Crippen LogP contribution in [0.5, 0.6) is 0 Å². The summed E-state index contributed by atoms with van der Waals surface area (Å²) in [5.41, 5.74) is 1.81. The number of nitrogens with one attached hydrogen (secondary N) is 2. The summed E-state index contributed by atoms with van der Waals surface area (Å²) in [7, 11) is 3.36. The maximum absolute atomic E-state index is 11.9. The van der Waals surface area contributed by atoms with E-state index in [0.29, 0.717) is 17.5 Å². The van der Waals surface area contributed by atoms with E-state index in [1.165, 1.54) is 17.0 Å². The quantitative estimate of drug-likeness (QED) is 0.182. The molecule has 2 aromatic carbocycles. The zero-order valence-electron chi connectivity index (χ0n) is 17.0. The Morgan fingerprint density at radius 3 is 2.47 bits per heavy atom. The lowest BCUT2D eigenvalue weighted by molar-refractivity contribution is -0.384. The van der Waals surface area contributed by atoms with Crippen LogP contribution < -0.4 is 10.6 Å². The molecule has 0 saturated heterocycles. The van der Waals surface area contributed by atoms with Crippen molar-refractivity contribution in [3.63, 3.8) is 0 Å². The Hall–Kier alpha value is -2.40.